The number of benzene rings is 1. The van der Waals surface area contributed by atoms with Gasteiger partial charge in [-0.05, 0) is 51.0 Å². The molecule has 1 aliphatic carbocycles. The number of aromatic hydroxyl groups is 2. The van der Waals surface area contributed by atoms with Gasteiger partial charge < -0.3 is 10.2 Å². The second kappa shape index (κ2) is 8.51. The Morgan fingerprint density at radius 1 is 1.20 bits per heavy atom. The van der Waals surface area contributed by atoms with Crippen LogP contribution in [0.1, 0.15) is 69.9 Å². The van der Waals surface area contributed by atoms with E-state index in [1.807, 2.05) is 6.92 Å². The average Bonchev–Trinajstić information content (AvgIpc) is 2.56. The average molecular weight is 383 g/mol. The van der Waals surface area contributed by atoms with Crippen molar-refractivity contribution >= 4 is 23.2 Å². The van der Waals surface area contributed by atoms with E-state index in [1.165, 1.54) is 5.57 Å². The van der Waals surface area contributed by atoms with Gasteiger partial charge in [0.25, 0.3) is 0 Å². The highest BCUT2D eigenvalue weighted by Crippen LogP contribution is 2.52. The van der Waals surface area contributed by atoms with E-state index < -0.39 is 0 Å². The molecule has 138 valence electrons. The summed E-state index contributed by atoms with van der Waals surface area (Å²) in [5.41, 5.74) is 3.34. The summed E-state index contributed by atoms with van der Waals surface area (Å²) >= 11 is 12.9. The van der Waals surface area contributed by atoms with E-state index in [4.69, 9.17) is 23.2 Å². The summed E-state index contributed by atoms with van der Waals surface area (Å²) in [6, 6.07) is 0. The molecule has 1 aliphatic rings. The lowest BCUT2D eigenvalue weighted by Gasteiger charge is -2.32. The maximum Gasteiger partial charge on any atom is 0.142 e. The first kappa shape index (κ1) is 20.2. The molecule has 0 bridgehead atoms. The van der Waals surface area contributed by atoms with Crippen LogP contribution in [0.5, 0.6) is 11.5 Å². The molecule has 1 aromatic carbocycles. The van der Waals surface area contributed by atoms with Crippen LogP contribution in [0.15, 0.2) is 23.8 Å². The second-order valence-electron chi connectivity index (χ2n) is 7.20. The van der Waals surface area contributed by atoms with Crippen LogP contribution in [0.4, 0.5) is 0 Å². The SMILES string of the molecule is C=C(C)[C@@H]1CCC(C)=C[C@H]1c1c(O)c(Cl)c(CCCCC)c(Cl)c1O. The number of rotatable bonds is 6. The fraction of sp³-hybridized carbons (Fsp3) is 0.524. The topological polar surface area (TPSA) is 40.5 Å². The Morgan fingerprint density at radius 3 is 2.32 bits per heavy atom. The Kier molecular flexibility index (Phi) is 6.87. The van der Waals surface area contributed by atoms with E-state index >= 15 is 0 Å². The molecule has 4 heteroatoms. The van der Waals surface area contributed by atoms with Crippen LogP contribution < -0.4 is 0 Å². The number of unbranched alkanes of at least 4 members (excludes halogenated alkanes) is 2. The summed E-state index contributed by atoms with van der Waals surface area (Å²) in [6.45, 7) is 10.3. The predicted octanol–water partition coefficient (Wildman–Crippen LogP) is 7.15. The summed E-state index contributed by atoms with van der Waals surface area (Å²) < 4.78 is 0. The lowest BCUT2D eigenvalue weighted by Crippen LogP contribution is -2.17. The van der Waals surface area contributed by atoms with E-state index in [0.717, 1.165) is 37.7 Å². The zero-order chi connectivity index (χ0) is 18.7. The van der Waals surface area contributed by atoms with Crippen molar-refractivity contribution in [3.05, 3.63) is 45.0 Å². The van der Waals surface area contributed by atoms with Crippen molar-refractivity contribution in [3.63, 3.8) is 0 Å². The summed E-state index contributed by atoms with van der Waals surface area (Å²) in [4.78, 5) is 0. The summed E-state index contributed by atoms with van der Waals surface area (Å²) in [5, 5.41) is 22.1. The molecule has 1 aromatic rings. The normalized spacial score (nSPS) is 20.4. The molecule has 0 aliphatic heterocycles. The highest BCUT2D eigenvalue weighted by Gasteiger charge is 2.33. The molecule has 0 aromatic heterocycles. The largest absolute Gasteiger partial charge is 0.506 e. The number of phenolic OH excluding ortho intramolecular Hbond substituents is 2. The third-order valence-corrected chi connectivity index (χ3v) is 6.01. The van der Waals surface area contributed by atoms with Gasteiger partial charge in [0.1, 0.15) is 11.5 Å². The van der Waals surface area contributed by atoms with Gasteiger partial charge >= 0.3 is 0 Å². The minimum absolute atomic E-state index is 0.0442. The molecular weight excluding hydrogens is 355 g/mol. The van der Waals surface area contributed by atoms with Gasteiger partial charge in [0.05, 0.1) is 10.0 Å². The predicted molar refractivity (Wildman–Crippen MR) is 107 cm³/mol. The Hall–Kier alpha value is -1.12. The number of allylic oxidation sites excluding steroid dienone is 3. The van der Waals surface area contributed by atoms with E-state index in [1.54, 1.807) is 0 Å². The lowest BCUT2D eigenvalue weighted by atomic mass is 9.73. The number of hydrogen-bond acceptors (Lipinski definition) is 2. The first-order valence-corrected chi connectivity index (χ1v) is 9.79. The van der Waals surface area contributed by atoms with Crippen molar-refractivity contribution in [2.75, 3.05) is 0 Å². The molecule has 0 unspecified atom stereocenters. The number of hydrogen-bond donors (Lipinski definition) is 2. The van der Waals surface area contributed by atoms with Gasteiger partial charge in [-0.3, -0.25) is 0 Å². The molecule has 0 fully saturated rings. The fourth-order valence-electron chi connectivity index (χ4n) is 3.72. The van der Waals surface area contributed by atoms with Gasteiger partial charge in [0, 0.05) is 11.5 Å². The van der Waals surface area contributed by atoms with Crippen LogP contribution in [0.3, 0.4) is 0 Å². The Bertz CT molecular complexity index is 663. The maximum atomic E-state index is 10.8. The van der Waals surface area contributed by atoms with Crippen molar-refractivity contribution in [1.29, 1.82) is 0 Å². The van der Waals surface area contributed by atoms with Crippen LogP contribution >= 0.6 is 23.2 Å². The van der Waals surface area contributed by atoms with Crippen LogP contribution in [0.25, 0.3) is 0 Å². The first-order valence-electron chi connectivity index (χ1n) is 9.03. The van der Waals surface area contributed by atoms with Crippen molar-refractivity contribution in [3.8, 4) is 11.5 Å². The fourth-order valence-corrected chi connectivity index (χ4v) is 4.35. The number of phenols is 2. The number of halogens is 2. The molecule has 2 atom stereocenters. The lowest BCUT2D eigenvalue weighted by molar-refractivity contribution is 0.406. The van der Waals surface area contributed by atoms with E-state index in [-0.39, 0.29) is 33.4 Å². The van der Waals surface area contributed by atoms with E-state index in [2.05, 4.69) is 26.5 Å². The molecule has 2 rings (SSSR count). The summed E-state index contributed by atoms with van der Waals surface area (Å²) in [5.74, 6) is -0.0981. The van der Waals surface area contributed by atoms with Crippen LogP contribution in [-0.4, -0.2) is 10.2 Å². The highest BCUT2D eigenvalue weighted by atomic mass is 35.5. The van der Waals surface area contributed by atoms with Crippen molar-refractivity contribution in [2.24, 2.45) is 5.92 Å². The zero-order valence-corrected chi connectivity index (χ0v) is 16.8. The molecule has 2 nitrogen and oxygen atoms in total. The third kappa shape index (κ3) is 4.17. The quantitative estimate of drug-likeness (QED) is 0.404. The molecule has 0 saturated carbocycles. The van der Waals surface area contributed by atoms with Crippen molar-refractivity contribution in [2.45, 2.75) is 65.2 Å². The van der Waals surface area contributed by atoms with Gasteiger partial charge in [-0.1, -0.05) is 66.8 Å². The monoisotopic (exact) mass is 382 g/mol. The smallest absolute Gasteiger partial charge is 0.142 e. The van der Waals surface area contributed by atoms with E-state index in [0.29, 0.717) is 17.5 Å². The molecule has 0 spiro atoms. The molecule has 0 radical (unpaired) electrons. The van der Waals surface area contributed by atoms with Gasteiger partial charge in [-0.25, -0.2) is 0 Å². The molecule has 0 saturated heterocycles. The second-order valence-corrected chi connectivity index (χ2v) is 7.96. The van der Waals surface area contributed by atoms with Crippen LogP contribution in [0.2, 0.25) is 10.0 Å². The minimum atomic E-state index is -0.161. The maximum absolute atomic E-state index is 10.8. The molecular formula is C21H28Cl2O2. The minimum Gasteiger partial charge on any atom is -0.506 e. The summed E-state index contributed by atoms with van der Waals surface area (Å²) in [7, 11) is 0. The van der Waals surface area contributed by atoms with Gasteiger partial charge in [-0.2, -0.15) is 0 Å². The molecule has 0 amide bonds. The molecule has 2 N–H and O–H groups in total. The molecule has 0 heterocycles. The van der Waals surface area contributed by atoms with Crippen molar-refractivity contribution < 1.29 is 10.2 Å². The zero-order valence-electron chi connectivity index (χ0n) is 15.3. The Morgan fingerprint density at radius 2 is 1.80 bits per heavy atom. The van der Waals surface area contributed by atoms with Gasteiger partial charge in [-0.15, -0.1) is 0 Å². The van der Waals surface area contributed by atoms with Crippen LogP contribution in [-0.2, 0) is 6.42 Å². The molecule has 25 heavy (non-hydrogen) atoms. The van der Waals surface area contributed by atoms with Gasteiger partial charge in [0.2, 0.25) is 0 Å². The standard InChI is InChI=1S/C21H28Cl2O2/c1-5-6-7-8-15-18(22)20(24)17(21(25)19(15)23)16-11-13(4)9-10-14(16)12(2)3/h11,14,16,24-25H,2,5-10H2,1,3-4H3/t14-,16+/m0/s1. The Balaban J connectivity index is 2.54. The first-order chi connectivity index (χ1) is 11.8. The Labute approximate surface area is 161 Å². The van der Waals surface area contributed by atoms with Crippen LogP contribution in [0, 0.1) is 5.92 Å². The van der Waals surface area contributed by atoms with E-state index in [9.17, 15) is 10.2 Å². The third-order valence-electron chi connectivity index (χ3n) is 5.20. The van der Waals surface area contributed by atoms with Gasteiger partial charge in [0.15, 0.2) is 0 Å². The van der Waals surface area contributed by atoms with Crippen molar-refractivity contribution in [1.82, 2.24) is 0 Å². The summed E-state index contributed by atoms with van der Waals surface area (Å²) in [6.07, 6.45) is 7.74. The highest BCUT2D eigenvalue weighted by molar-refractivity contribution is 6.38.